The molecular formula is C22H30FN7O. The molecule has 166 valence electrons. The van der Waals surface area contributed by atoms with Gasteiger partial charge < -0.3 is 10.2 Å². The van der Waals surface area contributed by atoms with E-state index in [1.54, 1.807) is 24.0 Å². The lowest BCUT2D eigenvalue weighted by atomic mass is 9.98. The van der Waals surface area contributed by atoms with E-state index in [9.17, 15) is 9.18 Å². The second-order valence-electron chi connectivity index (χ2n) is 9.53. The monoisotopic (exact) mass is 427 g/mol. The van der Waals surface area contributed by atoms with E-state index in [2.05, 4.69) is 33.2 Å². The van der Waals surface area contributed by atoms with Crippen molar-refractivity contribution in [3.8, 4) is 0 Å². The number of hydrazine groups is 1. The Bertz CT molecular complexity index is 982. The number of alkyl halides is 1. The highest BCUT2D eigenvalue weighted by atomic mass is 19.1. The second-order valence-corrected chi connectivity index (χ2v) is 9.53. The van der Waals surface area contributed by atoms with E-state index >= 15 is 0 Å². The summed E-state index contributed by atoms with van der Waals surface area (Å²) in [6, 6.07) is 4.77. The lowest BCUT2D eigenvalue weighted by molar-refractivity contribution is 0.0931. The van der Waals surface area contributed by atoms with Crippen LogP contribution in [0.1, 0.15) is 48.3 Å². The molecule has 3 unspecified atom stereocenters. The van der Waals surface area contributed by atoms with E-state index in [1.165, 1.54) is 0 Å². The van der Waals surface area contributed by atoms with Gasteiger partial charge in [0.05, 0.1) is 31.4 Å². The summed E-state index contributed by atoms with van der Waals surface area (Å²) in [5.74, 6) is 1.27. The third kappa shape index (κ3) is 3.92. The van der Waals surface area contributed by atoms with E-state index in [-0.39, 0.29) is 18.0 Å². The van der Waals surface area contributed by atoms with Crippen LogP contribution >= 0.6 is 0 Å². The number of carbonyl (C=O) groups is 1. The predicted molar refractivity (Wildman–Crippen MR) is 116 cm³/mol. The number of rotatable bonds is 5. The molecule has 2 saturated heterocycles. The number of halogens is 1. The number of pyridine rings is 1. The normalized spacial score (nSPS) is 29.0. The summed E-state index contributed by atoms with van der Waals surface area (Å²) < 4.78 is 15.5. The van der Waals surface area contributed by atoms with Gasteiger partial charge in [-0.3, -0.25) is 20.3 Å². The summed E-state index contributed by atoms with van der Waals surface area (Å²) in [6.45, 7) is 7.03. The highest BCUT2D eigenvalue weighted by molar-refractivity contribution is 5.94. The Balaban J connectivity index is 1.20. The molecule has 0 spiro atoms. The number of carbonyl (C=O) groups excluding carboxylic acids is 1. The maximum absolute atomic E-state index is 13.8. The molecule has 1 amide bonds. The van der Waals surface area contributed by atoms with Crippen LogP contribution in [-0.2, 0) is 6.54 Å². The first-order chi connectivity index (χ1) is 14.8. The third-order valence-corrected chi connectivity index (χ3v) is 6.92. The van der Waals surface area contributed by atoms with Gasteiger partial charge in [0.15, 0.2) is 0 Å². The number of nitrogens with zero attached hydrogens (tertiary/aromatic N) is 4. The summed E-state index contributed by atoms with van der Waals surface area (Å²) in [5.41, 5.74) is 7.96. The first-order valence-corrected chi connectivity index (χ1v) is 11.0. The fourth-order valence-electron chi connectivity index (χ4n) is 5.12. The number of anilines is 1. The smallest absolute Gasteiger partial charge is 0.254 e. The number of aryl methyl sites for hydroxylation is 1. The molecule has 0 radical (unpaired) electrons. The Morgan fingerprint density at radius 1 is 1.32 bits per heavy atom. The van der Waals surface area contributed by atoms with Crippen molar-refractivity contribution in [2.75, 3.05) is 18.0 Å². The fourth-order valence-corrected chi connectivity index (χ4v) is 5.12. The first-order valence-electron chi connectivity index (χ1n) is 11.0. The number of fused-ring (bicyclic) bond motifs is 1. The van der Waals surface area contributed by atoms with Gasteiger partial charge in [0.1, 0.15) is 11.5 Å². The number of amides is 1. The van der Waals surface area contributed by atoms with Gasteiger partial charge >= 0.3 is 0 Å². The van der Waals surface area contributed by atoms with Gasteiger partial charge in [-0.2, -0.15) is 5.10 Å². The summed E-state index contributed by atoms with van der Waals surface area (Å²) in [7, 11) is 0. The molecule has 0 bridgehead atoms. The Morgan fingerprint density at radius 3 is 2.87 bits per heavy atom. The molecule has 3 fully saturated rings. The molecule has 2 aromatic rings. The van der Waals surface area contributed by atoms with Crippen molar-refractivity contribution in [3.63, 3.8) is 0 Å². The molecule has 9 heteroatoms. The number of hydrogen-bond donors (Lipinski definition) is 3. The molecule has 1 aliphatic carbocycles. The molecular weight excluding hydrogens is 397 g/mol. The van der Waals surface area contributed by atoms with Crippen LogP contribution in [0, 0.1) is 12.8 Å². The first kappa shape index (κ1) is 20.4. The van der Waals surface area contributed by atoms with E-state index in [0.29, 0.717) is 37.2 Å². The molecule has 1 saturated carbocycles. The summed E-state index contributed by atoms with van der Waals surface area (Å²) >= 11 is 0. The van der Waals surface area contributed by atoms with Crippen molar-refractivity contribution >= 4 is 11.7 Å². The van der Waals surface area contributed by atoms with E-state index in [0.717, 1.165) is 29.9 Å². The number of hydrogen-bond acceptors (Lipinski definition) is 6. The Hall–Kier alpha value is -2.52. The summed E-state index contributed by atoms with van der Waals surface area (Å²) in [5, 5.41) is 7.54. The summed E-state index contributed by atoms with van der Waals surface area (Å²) in [4.78, 5) is 19.3. The van der Waals surface area contributed by atoms with Gasteiger partial charge in [-0.25, -0.2) is 9.37 Å². The van der Waals surface area contributed by atoms with Crippen LogP contribution in [0.2, 0.25) is 0 Å². The van der Waals surface area contributed by atoms with Crippen LogP contribution in [0.15, 0.2) is 24.5 Å². The van der Waals surface area contributed by atoms with Crippen LogP contribution in [0.5, 0.6) is 0 Å². The molecule has 0 aromatic carbocycles. The summed E-state index contributed by atoms with van der Waals surface area (Å²) in [6.07, 6.45) is 5.50. The topological polar surface area (TPSA) is 87.1 Å². The zero-order valence-corrected chi connectivity index (χ0v) is 18.2. The van der Waals surface area contributed by atoms with Crippen LogP contribution in [0.4, 0.5) is 10.2 Å². The SMILES string of the molecule is Cc1nc(N2CC(C)(F)C2)ccc1Cn1cc(C(=O)N[C@@H]2CCC3C(C)NNC32)cn1. The second kappa shape index (κ2) is 7.56. The number of aromatic nitrogens is 3. The van der Waals surface area contributed by atoms with Crippen molar-refractivity contribution in [3.05, 3.63) is 41.3 Å². The third-order valence-electron chi connectivity index (χ3n) is 6.92. The zero-order valence-electron chi connectivity index (χ0n) is 18.2. The minimum Gasteiger partial charge on any atom is -0.350 e. The van der Waals surface area contributed by atoms with Gasteiger partial charge in [0, 0.05) is 30.0 Å². The lowest BCUT2D eigenvalue weighted by Crippen LogP contribution is -2.57. The molecule has 4 atom stereocenters. The van der Waals surface area contributed by atoms with Crippen molar-refractivity contribution < 1.29 is 9.18 Å². The minimum atomic E-state index is -1.12. The maximum Gasteiger partial charge on any atom is 0.254 e. The van der Waals surface area contributed by atoms with Crippen molar-refractivity contribution in [1.82, 2.24) is 30.9 Å². The highest BCUT2D eigenvalue weighted by Gasteiger charge is 2.43. The molecule has 3 aliphatic rings. The van der Waals surface area contributed by atoms with Gasteiger partial charge in [-0.05, 0) is 51.2 Å². The molecule has 2 aromatic heterocycles. The minimum absolute atomic E-state index is 0.0875. The van der Waals surface area contributed by atoms with Crippen molar-refractivity contribution in [1.29, 1.82) is 0 Å². The lowest BCUT2D eigenvalue weighted by Gasteiger charge is -2.43. The van der Waals surface area contributed by atoms with Gasteiger partial charge in [0.2, 0.25) is 0 Å². The average Bonchev–Trinajstić information content (AvgIpc) is 3.41. The largest absolute Gasteiger partial charge is 0.350 e. The zero-order chi connectivity index (χ0) is 21.8. The van der Waals surface area contributed by atoms with Crippen LogP contribution in [0.3, 0.4) is 0 Å². The van der Waals surface area contributed by atoms with Crippen molar-refractivity contribution in [2.45, 2.75) is 64.0 Å². The molecule has 8 nitrogen and oxygen atoms in total. The van der Waals surface area contributed by atoms with Crippen LogP contribution < -0.4 is 21.1 Å². The fraction of sp³-hybridized carbons (Fsp3) is 0.591. The van der Waals surface area contributed by atoms with E-state index < -0.39 is 5.67 Å². The maximum atomic E-state index is 13.8. The number of nitrogens with one attached hydrogen (secondary N) is 3. The van der Waals surface area contributed by atoms with E-state index in [4.69, 9.17) is 0 Å². The Morgan fingerprint density at radius 2 is 2.13 bits per heavy atom. The van der Waals surface area contributed by atoms with Crippen LogP contribution in [-0.4, -0.2) is 57.6 Å². The van der Waals surface area contributed by atoms with Crippen LogP contribution in [0.25, 0.3) is 0 Å². The molecule has 31 heavy (non-hydrogen) atoms. The van der Waals surface area contributed by atoms with E-state index in [1.807, 2.05) is 24.0 Å². The Kier molecular flexibility index (Phi) is 4.97. The average molecular weight is 428 g/mol. The Labute approximate surface area is 181 Å². The highest BCUT2D eigenvalue weighted by Crippen LogP contribution is 2.32. The standard InChI is InChI=1S/C22H30FN7O/c1-13-15(4-7-19(25-13)29-11-22(3,23)12-29)9-30-10-16(8-24-30)21(31)26-18-6-5-17-14(2)27-28-20(17)18/h4,7-8,10,14,17-18,20,27-28H,5-6,9,11-12H2,1-3H3,(H,26,31)/t14?,17?,18-,20?/m1/s1. The van der Waals surface area contributed by atoms with Crippen molar-refractivity contribution in [2.24, 2.45) is 5.92 Å². The van der Waals surface area contributed by atoms with Gasteiger partial charge in [-0.1, -0.05) is 6.07 Å². The predicted octanol–water partition coefficient (Wildman–Crippen LogP) is 1.56. The molecule has 4 heterocycles. The van der Waals surface area contributed by atoms with Gasteiger partial charge in [-0.15, -0.1) is 0 Å². The molecule has 3 N–H and O–H groups in total. The molecule has 2 aliphatic heterocycles. The van der Waals surface area contributed by atoms with Gasteiger partial charge in [0.25, 0.3) is 5.91 Å². The quantitative estimate of drug-likeness (QED) is 0.671. The molecule has 5 rings (SSSR count).